The van der Waals surface area contributed by atoms with Crippen LogP contribution in [-0.4, -0.2) is 19.2 Å². The third-order valence-electron chi connectivity index (χ3n) is 1.60. The molecule has 16 heavy (non-hydrogen) atoms. The Kier molecular flexibility index (Phi) is 5.64. The quantitative estimate of drug-likeness (QED) is 0.597. The van der Waals surface area contributed by atoms with Gasteiger partial charge in [-0.1, -0.05) is 23.2 Å². The molecule has 88 valence electrons. The number of ether oxygens (including phenoxy) is 2. The first-order valence-electron chi connectivity index (χ1n) is 4.47. The highest BCUT2D eigenvalue weighted by Gasteiger charge is 2.11. The van der Waals surface area contributed by atoms with Crippen molar-refractivity contribution in [1.29, 1.82) is 0 Å². The summed E-state index contributed by atoms with van der Waals surface area (Å²) in [5, 5.41) is 0.902. The van der Waals surface area contributed by atoms with Crippen molar-refractivity contribution in [2.75, 3.05) is 13.2 Å². The molecule has 1 aromatic rings. The van der Waals surface area contributed by atoms with Crippen LogP contribution >= 0.6 is 45.8 Å². The van der Waals surface area contributed by atoms with Gasteiger partial charge in [-0.2, -0.15) is 0 Å². The minimum Gasteiger partial charge on any atom is -0.479 e. The van der Waals surface area contributed by atoms with Gasteiger partial charge in [0.1, 0.15) is 0 Å². The molecule has 0 saturated carbocycles. The summed E-state index contributed by atoms with van der Waals surface area (Å²) in [6.07, 6.45) is 0. The summed E-state index contributed by atoms with van der Waals surface area (Å²) in [4.78, 5) is 11.1. The molecule has 0 aliphatic carbocycles. The maximum atomic E-state index is 11.1. The van der Waals surface area contributed by atoms with Gasteiger partial charge in [-0.25, -0.2) is 4.79 Å². The molecule has 0 bridgehead atoms. The van der Waals surface area contributed by atoms with E-state index in [1.54, 1.807) is 19.1 Å². The first kappa shape index (κ1) is 13.9. The highest BCUT2D eigenvalue weighted by atomic mass is 127. The van der Waals surface area contributed by atoms with Gasteiger partial charge in [-0.3, -0.25) is 0 Å². The molecule has 6 heteroatoms. The van der Waals surface area contributed by atoms with E-state index in [1.807, 2.05) is 22.6 Å². The fourth-order valence-electron chi connectivity index (χ4n) is 1.00. The average Bonchev–Trinajstić information content (AvgIpc) is 2.16. The average molecular weight is 375 g/mol. The fourth-order valence-corrected chi connectivity index (χ4v) is 2.67. The summed E-state index contributed by atoms with van der Waals surface area (Å²) >= 11 is 13.8. The summed E-state index contributed by atoms with van der Waals surface area (Å²) in [5.41, 5.74) is 0. The lowest BCUT2D eigenvalue weighted by atomic mass is 10.3. The normalized spacial score (nSPS) is 10.0. The Morgan fingerprint density at radius 1 is 1.44 bits per heavy atom. The molecule has 1 aromatic carbocycles. The summed E-state index contributed by atoms with van der Waals surface area (Å²) in [6, 6.07) is 3.26. The SMILES string of the molecule is CCOC(=O)COc1c(Cl)cc(Cl)cc1I. The molecule has 0 fully saturated rings. The van der Waals surface area contributed by atoms with Gasteiger partial charge in [-0.05, 0) is 41.6 Å². The van der Waals surface area contributed by atoms with Gasteiger partial charge in [-0.15, -0.1) is 0 Å². The second-order valence-corrected chi connectivity index (χ2v) is 4.80. The zero-order valence-electron chi connectivity index (χ0n) is 8.43. The number of rotatable bonds is 4. The number of carbonyl (C=O) groups is 1. The highest BCUT2D eigenvalue weighted by Crippen LogP contribution is 2.33. The summed E-state index contributed by atoms with van der Waals surface area (Å²) in [6.45, 7) is 1.90. The Labute approximate surface area is 117 Å². The van der Waals surface area contributed by atoms with E-state index in [0.717, 1.165) is 3.57 Å². The first-order chi connectivity index (χ1) is 7.54. The molecule has 0 N–H and O–H groups in total. The predicted octanol–water partition coefficient (Wildman–Crippen LogP) is 3.54. The molecule has 0 saturated heterocycles. The van der Waals surface area contributed by atoms with Crippen LogP contribution in [0.2, 0.25) is 10.0 Å². The Balaban J connectivity index is 2.70. The largest absolute Gasteiger partial charge is 0.479 e. The molecule has 0 aliphatic heterocycles. The second-order valence-electron chi connectivity index (χ2n) is 2.79. The zero-order chi connectivity index (χ0) is 12.1. The van der Waals surface area contributed by atoms with Gasteiger partial charge in [0.25, 0.3) is 0 Å². The molecule has 0 unspecified atom stereocenters. The molecule has 0 radical (unpaired) electrons. The molecule has 0 amide bonds. The van der Waals surface area contributed by atoms with E-state index in [-0.39, 0.29) is 6.61 Å². The molecular formula is C10H9Cl2IO3. The lowest BCUT2D eigenvalue weighted by Crippen LogP contribution is -2.15. The molecule has 0 spiro atoms. The molecule has 3 nitrogen and oxygen atoms in total. The molecule has 0 aromatic heterocycles. The molecule has 0 aliphatic rings. The monoisotopic (exact) mass is 374 g/mol. The molecule has 0 atom stereocenters. The fraction of sp³-hybridized carbons (Fsp3) is 0.300. The third kappa shape index (κ3) is 3.99. The van der Waals surface area contributed by atoms with Gasteiger partial charge in [0, 0.05) is 5.02 Å². The second kappa shape index (κ2) is 6.51. The van der Waals surface area contributed by atoms with Crippen molar-refractivity contribution in [3.8, 4) is 5.75 Å². The van der Waals surface area contributed by atoms with Crippen molar-refractivity contribution in [3.05, 3.63) is 25.7 Å². The first-order valence-corrected chi connectivity index (χ1v) is 6.31. The summed E-state index contributed by atoms with van der Waals surface area (Å²) in [5.74, 6) is 0.0176. The topological polar surface area (TPSA) is 35.5 Å². The third-order valence-corrected chi connectivity index (χ3v) is 2.90. The van der Waals surface area contributed by atoms with Crippen molar-refractivity contribution in [2.24, 2.45) is 0 Å². The minimum absolute atomic E-state index is 0.162. The van der Waals surface area contributed by atoms with Crippen LogP contribution in [0.25, 0.3) is 0 Å². The summed E-state index contributed by atoms with van der Waals surface area (Å²) in [7, 11) is 0. The summed E-state index contributed by atoms with van der Waals surface area (Å²) < 4.78 is 10.7. The molecule has 1 rings (SSSR count). The zero-order valence-corrected chi connectivity index (χ0v) is 12.1. The van der Waals surface area contributed by atoms with E-state index in [4.69, 9.17) is 32.7 Å². The van der Waals surface area contributed by atoms with Gasteiger partial charge < -0.3 is 9.47 Å². The van der Waals surface area contributed by atoms with Gasteiger partial charge in [0.15, 0.2) is 12.4 Å². The predicted molar refractivity (Wildman–Crippen MR) is 71.3 cm³/mol. The lowest BCUT2D eigenvalue weighted by molar-refractivity contribution is -0.145. The van der Waals surface area contributed by atoms with E-state index < -0.39 is 5.97 Å². The maximum Gasteiger partial charge on any atom is 0.344 e. The number of hydrogen-bond acceptors (Lipinski definition) is 3. The van der Waals surface area contributed by atoms with Crippen LogP contribution in [0.15, 0.2) is 12.1 Å². The maximum absolute atomic E-state index is 11.1. The molecule has 0 heterocycles. The van der Waals surface area contributed by atoms with Crippen LogP contribution < -0.4 is 4.74 Å². The van der Waals surface area contributed by atoms with Crippen molar-refractivity contribution in [1.82, 2.24) is 0 Å². The van der Waals surface area contributed by atoms with Gasteiger partial charge >= 0.3 is 5.97 Å². The Bertz CT molecular complexity index is 373. The van der Waals surface area contributed by atoms with Crippen LogP contribution in [0.5, 0.6) is 5.75 Å². The van der Waals surface area contributed by atoms with Crippen LogP contribution in [0, 0.1) is 3.57 Å². The Morgan fingerprint density at radius 2 is 2.12 bits per heavy atom. The number of hydrogen-bond donors (Lipinski definition) is 0. The van der Waals surface area contributed by atoms with Crippen LogP contribution in [0.1, 0.15) is 6.92 Å². The number of esters is 1. The van der Waals surface area contributed by atoms with Crippen LogP contribution in [0.4, 0.5) is 0 Å². The number of benzene rings is 1. The van der Waals surface area contributed by atoms with Gasteiger partial charge in [0.2, 0.25) is 0 Å². The van der Waals surface area contributed by atoms with Crippen LogP contribution in [-0.2, 0) is 9.53 Å². The van der Waals surface area contributed by atoms with E-state index in [9.17, 15) is 4.79 Å². The number of halogens is 3. The highest BCUT2D eigenvalue weighted by molar-refractivity contribution is 14.1. The van der Waals surface area contributed by atoms with E-state index in [1.165, 1.54) is 0 Å². The van der Waals surface area contributed by atoms with Crippen molar-refractivity contribution < 1.29 is 14.3 Å². The van der Waals surface area contributed by atoms with Crippen LogP contribution in [0.3, 0.4) is 0 Å². The minimum atomic E-state index is -0.427. The van der Waals surface area contributed by atoms with E-state index >= 15 is 0 Å². The Morgan fingerprint density at radius 3 is 2.69 bits per heavy atom. The lowest BCUT2D eigenvalue weighted by Gasteiger charge is -2.09. The Hall–Kier alpha value is -0.200. The standard InChI is InChI=1S/C10H9Cl2IO3/c1-2-15-9(14)5-16-10-7(12)3-6(11)4-8(10)13/h3-4H,2,5H2,1H3. The van der Waals surface area contributed by atoms with Crippen molar-refractivity contribution in [2.45, 2.75) is 6.92 Å². The number of carbonyl (C=O) groups excluding carboxylic acids is 1. The van der Waals surface area contributed by atoms with E-state index in [0.29, 0.717) is 22.4 Å². The van der Waals surface area contributed by atoms with Gasteiger partial charge in [0.05, 0.1) is 15.2 Å². The van der Waals surface area contributed by atoms with Crippen molar-refractivity contribution >= 4 is 51.8 Å². The molecular weight excluding hydrogens is 366 g/mol. The van der Waals surface area contributed by atoms with Crippen molar-refractivity contribution in [3.63, 3.8) is 0 Å². The van der Waals surface area contributed by atoms with E-state index in [2.05, 4.69) is 0 Å². The smallest absolute Gasteiger partial charge is 0.344 e.